The molecule has 1 aliphatic rings. The Morgan fingerprint density at radius 1 is 0.850 bits per heavy atom. The quantitative estimate of drug-likeness (QED) is 0.0858. The molecule has 0 aromatic carbocycles. The zero-order valence-corrected chi connectivity index (χ0v) is 24.6. The summed E-state index contributed by atoms with van der Waals surface area (Å²) in [6, 6.07) is -0.804. The van der Waals surface area contributed by atoms with Crippen LogP contribution in [0.5, 0.6) is 0 Å². The van der Waals surface area contributed by atoms with E-state index in [1.807, 2.05) is 13.0 Å². The van der Waals surface area contributed by atoms with Crippen molar-refractivity contribution in [1.82, 2.24) is 5.32 Å². The van der Waals surface area contributed by atoms with Crippen molar-refractivity contribution < 1.29 is 39.8 Å². The van der Waals surface area contributed by atoms with Crippen molar-refractivity contribution in [3.63, 3.8) is 0 Å². The number of ether oxygens (including phenoxy) is 2. The van der Waals surface area contributed by atoms with Crippen molar-refractivity contribution in [1.29, 1.82) is 0 Å². The molecule has 1 fully saturated rings. The fourth-order valence-electron chi connectivity index (χ4n) is 4.35. The van der Waals surface area contributed by atoms with Gasteiger partial charge in [0.05, 0.1) is 25.4 Å². The first-order chi connectivity index (χ1) is 19.3. The zero-order valence-electron chi connectivity index (χ0n) is 24.6. The van der Waals surface area contributed by atoms with Crippen LogP contribution in [-0.2, 0) is 14.3 Å². The highest BCUT2D eigenvalue weighted by Gasteiger charge is 2.44. The Hall–Kier alpha value is -1.59. The van der Waals surface area contributed by atoms with Crippen LogP contribution in [-0.4, -0.2) is 87.5 Å². The topological polar surface area (TPSA) is 149 Å². The molecule has 6 N–H and O–H groups in total. The summed E-state index contributed by atoms with van der Waals surface area (Å²) >= 11 is 0. The van der Waals surface area contributed by atoms with Gasteiger partial charge in [-0.3, -0.25) is 4.79 Å². The Morgan fingerprint density at radius 3 is 2.20 bits per heavy atom. The molecule has 0 radical (unpaired) electrons. The van der Waals surface area contributed by atoms with Gasteiger partial charge < -0.3 is 40.3 Å². The Kier molecular flexibility index (Phi) is 21.0. The summed E-state index contributed by atoms with van der Waals surface area (Å²) in [7, 11) is 0. The molecule has 0 bridgehead atoms. The SMILES string of the molecule is CCC/C=C/C(O)C(COC1OC(CO)C(O)C(O)C1O)NC(=O)CCCCCCC/C=C\C/C=C\CCCC. The number of allylic oxidation sites excluding steroid dienone is 5. The molecule has 0 spiro atoms. The predicted molar refractivity (Wildman–Crippen MR) is 156 cm³/mol. The molecule has 0 saturated carbocycles. The average Bonchev–Trinajstić information content (AvgIpc) is 2.95. The minimum Gasteiger partial charge on any atom is -0.394 e. The van der Waals surface area contributed by atoms with Crippen LogP contribution in [0.1, 0.15) is 97.3 Å². The Bertz CT molecular complexity index is 726. The molecule has 9 heteroatoms. The molecule has 40 heavy (non-hydrogen) atoms. The zero-order chi connectivity index (χ0) is 29.6. The van der Waals surface area contributed by atoms with Crippen LogP contribution < -0.4 is 5.32 Å². The highest BCUT2D eigenvalue weighted by molar-refractivity contribution is 5.76. The van der Waals surface area contributed by atoms with Gasteiger partial charge >= 0.3 is 0 Å². The van der Waals surface area contributed by atoms with Crippen LogP contribution in [0.4, 0.5) is 0 Å². The first-order valence-electron chi connectivity index (χ1n) is 15.2. The van der Waals surface area contributed by atoms with Crippen molar-refractivity contribution >= 4 is 5.91 Å². The van der Waals surface area contributed by atoms with Crippen LogP contribution in [0.3, 0.4) is 0 Å². The van der Waals surface area contributed by atoms with Gasteiger partial charge in [0, 0.05) is 6.42 Å². The van der Waals surface area contributed by atoms with E-state index in [1.165, 1.54) is 12.8 Å². The maximum absolute atomic E-state index is 12.6. The van der Waals surface area contributed by atoms with Gasteiger partial charge in [0.1, 0.15) is 24.4 Å². The van der Waals surface area contributed by atoms with E-state index in [0.29, 0.717) is 6.42 Å². The third-order valence-corrected chi connectivity index (χ3v) is 6.94. The number of rotatable bonds is 22. The van der Waals surface area contributed by atoms with Crippen molar-refractivity contribution in [3.05, 3.63) is 36.5 Å². The molecule has 1 amide bonds. The molecule has 9 nitrogen and oxygen atoms in total. The summed E-state index contributed by atoms with van der Waals surface area (Å²) in [5, 5.41) is 53.0. The van der Waals surface area contributed by atoms with Crippen LogP contribution >= 0.6 is 0 Å². The summed E-state index contributed by atoms with van der Waals surface area (Å²) in [6.45, 7) is 3.45. The van der Waals surface area contributed by atoms with E-state index in [1.54, 1.807) is 6.08 Å². The first-order valence-corrected chi connectivity index (χ1v) is 15.2. The Labute approximate surface area is 241 Å². The van der Waals surface area contributed by atoms with Gasteiger partial charge in [-0.1, -0.05) is 88.8 Å². The number of unbranched alkanes of at least 4 members (excludes halogenated alkanes) is 8. The lowest BCUT2D eigenvalue weighted by Gasteiger charge is -2.40. The highest BCUT2D eigenvalue weighted by Crippen LogP contribution is 2.22. The molecule has 1 aliphatic heterocycles. The summed E-state index contributed by atoms with van der Waals surface area (Å²) in [4.78, 5) is 12.6. The van der Waals surface area contributed by atoms with Gasteiger partial charge in [-0.25, -0.2) is 0 Å². The number of hydrogen-bond donors (Lipinski definition) is 6. The third kappa shape index (κ3) is 15.4. The second-order valence-electron chi connectivity index (χ2n) is 10.5. The van der Waals surface area contributed by atoms with E-state index in [4.69, 9.17) is 9.47 Å². The fraction of sp³-hybridized carbons (Fsp3) is 0.774. The molecule has 7 atom stereocenters. The van der Waals surface area contributed by atoms with Crippen LogP contribution in [0.25, 0.3) is 0 Å². The molecular formula is C31H55NO8. The molecule has 232 valence electrons. The van der Waals surface area contributed by atoms with E-state index in [0.717, 1.165) is 64.2 Å². The summed E-state index contributed by atoms with van der Waals surface area (Å²) < 4.78 is 11.0. The highest BCUT2D eigenvalue weighted by atomic mass is 16.7. The molecule has 0 aliphatic carbocycles. The van der Waals surface area contributed by atoms with Crippen molar-refractivity contribution in [2.45, 2.75) is 140 Å². The number of carbonyl (C=O) groups excluding carboxylic acids is 1. The molecule has 0 aromatic rings. The molecule has 1 heterocycles. The molecule has 0 aromatic heterocycles. The Balaban J connectivity index is 2.40. The lowest BCUT2D eigenvalue weighted by atomic mass is 9.99. The van der Waals surface area contributed by atoms with E-state index >= 15 is 0 Å². The number of nitrogens with one attached hydrogen (secondary N) is 1. The predicted octanol–water partition coefficient (Wildman–Crippen LogP) is 3.43. The van der Waals surface area contributed by atoms with E-state index in [9.17, 15) is 30.3 Å². The smallest absolute Gasteiger partial charge is 0.220 e. The number of carbonyl (C=O) groups is 1. The monoisotopic (exact) mass is 569 g/mol. The van der Waals surface area contributed by atoms with Gasteiger partial charge in [-0.2, -0.15) is 0 Å². The van der Waals surface area contributed by atoms with Crippen molar-refractivity contribution in [2.24, 2.45) is 0 Å². The standard InChI is InChI=1S/C31H55NO8/c1-3-5-7-8-9-10-11-12-13-14-15-16-17-19-21-27(35)32-24(25(34)20-18-6-4-2)23-39-31-30(38)29(37)28(36)26(22-33)40-31/h8-9,11-12,18,20,24-26,28-31,33-34,36-38H,3-7,10,13-17,19,21-23H2,1-2H3,(H,32,35)/b9-8-,12-11-,20-18+. The largest absolute Gasteiger partial charge is 0.394 e. The Morgan fingerprint density at radius 2 is 1.52 bits per heavy atom. The second kappa shape index (κ2) is 23.0. The van der Waals surface area contributed by atoms with Crippen molar-refractivity contribution in [2.75, 3.05) is 13.2 Å². The first kappa shape index (κ1) is 36.4. The van der Waals surface area contributed by atoms with Crippen LogP contribution in [0.2, 0.25) is 0 Å². The lowest BCUT2D eigenvalue weighted by Crippen LogP contribution is -2.60. The number of aliphatic hydroxyl groups excluding tert-OH is 5. The molecular weight excluding hydrogens is 514 g/mol. The van der Waals surface area contributed by atoms with Crippen LogP contribution in [0.15, 0.2) is 36.5 Å². The van der Waals surface area contributed by atoms with E-state index in [-0.39, 0.29) is 12.5 Å². The van der Waals surface area contributed by atoms with Crippen molar-refractivity contribution in [3.8, 4) is 0 Å². The van der Waals surface area contributed by atoms with Gasteiger partial charge in [0.15, 0.2) is 6.29 Å². The molecule has 7 unspecified atom stereocenters. The minimum atomic E-state index is -1.56. The van der Waals surface area contributed by atoms with E-state index in [2.05, 4.69) is 36.5 Å². The summed E-state index contributed by atoms with van der Waals surface area (Å²) in [6.07, 6.45) is 17.0. The van der Waals surface area contributed by atoms with E-state index < -0.39 is 49.5 Å². The van der Waals surface area contributed by atoms with Gasteiger partial charge in [-0.05, 0) is 38.5 Å². The van der Waals surface area contributed by atoms with Gasteiger partial charge in [0.2, 0.25) is 5.91 Å². The molecule has 1 saturated heterocycles. The minimum absolute atomic E-state index is 0.200. The maximum Gasteiger partial charge on any atom is 0.220 e. The fourth-order valence-corrected chi connectivity index (χ4v) is 4.35. The number of amides is 1. The summed E-state index contributed by atoms with van der Waals surface area (Å²) in [5.41, 5.74) is 0. The summed E-state index contributed by atoms with van der Waals surface area (Å²) in [5.74, 6) is -0.208. The lowest BCUT2D eigenvalue weighted by molar-refractivity contribution is -0.302. The number of hydrogen-bond acceptors (Lipinski definition) is 8. The third-order valence-electron chi connectivity index (χ3n) is 6.94. The normalized spacial score (nSPS) is 25.2. The maximum atomic E-state index is 12.6. The van der Waals surface area contributed by atoms with Gasteiger partial charge in [0.25, 0.3) is 0 Å². The number of aliphatic hydroxyl groups is 5. The average molecular weight is 570 g/mol. The van der Waals surface area contributed by atoms with Crippen LogP contribution in [0, 0.1) is 0 Å². The molecule has 1 rings (SSSR count). The second-order valence-corrected chi connectivity index (χ2v) is 10.5. The van der Waals surface area contributed by atoms with Gasteiger partial charge in [-0.15, -0.1) is 0 Å².